The average molecular weight is 177 g/mol. The van der Waals surface area contributed by atoms with Gasteiger partial charge in [-0.1, -0.05) is 19.2 Å². The summed E-state index contributed by atoms with van der Waals surface area (Å²) >= 11 is 0. The van der Waals surface area contributed by atoms with E-state index in [0.717, 1.165) is 5.70 Å². The summed E-state index contributed by atoms with van der Waals surface area (Å²) in [5, 5.41) is 0. The van der Waals surface area contributed by atoms with Crippen molar-refractivity contribution in [1.82, 2.24) is 4.90 Å². The van der Waals surface area contributed by atoms with Gasteiger partial charge < -0.3 is 4.90 Å². The van der Waals surface area contributed by atoms with Crippen LogP contribution in [0.3, 0.4) is 0 Å². The van der Waals surface area contributed by atoms with Crippen molar-refractivity contribution in [2.45, 2.75) is 39.2 Å². The first-order chi connectivity index (χ1) is 6.16. The second-order valence-electron chi connectivity index (χ2n) is 3.73. The van der Waals surface area contributed by atoms with Gasteiger partial charge in [-0.3, -0.25) is 0 Å². The van der Waals surface area contributed by atoms with Gasteiger partial charge in [0.15, 0.2) is 0 Å². The van der Waals surface area contributed by atoms with Crippen molar-refractivity contribution in [2.24, 2.45) is 0 Å². The molecule has 1 saturated carbocycles. The first kappa shape index (κ1) is 10.1. The Labute approximate surface area is 81.4 Å². The van der Waals surface area contributed by atoms with E-state index in [0.29, 0.717) is 6.04 Å². The number of nitrogens with zero attached hydrogens (tertiary/aromatic N) is 1. The van der Waals surface area contributed by atoms with Gasteiger partial charge in [-0.15, -0.1) is 0 Å². The third-order valence-electron chi connectivity index (χ3n) is 2.59. The molecule has 0 amide bonds. The van der Waals surface area contributed by atoms with Crippen LogP contribution in [0, 0.1) is 0 Å². The minimum atomic E-state index is 0.689. The van der Waals surface area contributed by atoms with Crippen LogP contribution >= 0.6 is 0 Å². The van der Waals surface area contributed by atoms with Crippen molar-refractivity contribution in [2.75, 3.05) is 0 Å². The maximum absolute atomic E-state index is 4.01. The maximum Gasteiger partial charge on any atom is 0.0335 e. The van der Waals surface area contributed by atoms with E-state index in [4.69, 9.17) is 0 Å². The predicted octanol–water partition coefficient (Wildman–Crippen LogP) is 3.46. The van der Waals surface area contributed by atoms with E-state index in [1.807, 2.05) is 12.2 Å². The molecule has 0 saturated heterocycles. The molecule has 1 rings (SSSR count). The second-order valence-corrected chi connectivity index (χ2v) is 3.73. The van der Waals surface area contributed by atoms with Gasteiger partial charge in [0, 0.05) is 17.4 Å². The van der Waals surface area contributed by atoms with Gasteiger partial charge in [-0.25, -0.2) is 0 Å². The van der Waals surface area contributed by atoms with Crippen LogP contribution in [-0.2, 0) is 0 Å². The molecule has 1 heteroatoms. The Bertz CT molecular complexity index is 234. The van der Waals surface area contributed by atoms with Crippen molar-refractivity contribution in [1.29, 1.82) is 0 Å². The Morgan fingerprint density at radius 2 is 2.00 bits per heavy atom. The molecule has 0 spiro atoms. The Kier molecular flexibility index (Phi) is 3.35. The van der Waals surface area contributed by atoms with Crippen LogP contribution in [0.1, 0.15) is 33.1 Å². The van der Waals surface area contributed by atoms with Crippen molar-refractivity contribution >= 4 is 0 Å². The predicted molar refractivity (Wildman–Crippen MR) is 58.2 cm³/mol. The van der Waals surface area contributed by atoms with Gasteiger partial charge in [-0.05, 0) is 39.2 Å². The molecule has 0 aliphatic heterocycles. The van der Waals surface area contributed by atoms with Crippen LogP contribution < -0.4 is 0 Å². The van der Waals surface area contributed by atoms with Crippen molar-refractivity contribution in [3.05, 3.63) is 36.7 Å². The molecule has 1 aliphatic carbocycles. The number of rotatable bonds is 4. The quantitative estimate of drug-likeness (QED) is 0.594. The van der Waals surface area contributed by atoms with E-state index in [1.165, 1.54) is 25.0 Å². The lowest BCUT2D eigenvalue weighted by molar-refractivity contribution is 0.209. The largest absolute Gasteiger partial charge is 0.347 e. The van der Waals surface area contributed by atoms with Gasteiger partial charge in [-0.2, -0.15) is 0 Å². The van der Waals surface area contributed by atoms with Gasteiger partial charge >= 0.3 is 0 Å². The summed E-state index contributed by atoms with van der Waals surface area (Å²) in [5.74, 6) is 0. The fourth-order valence-electron chi connectivity index (χ4n) is 1.80. The molecule has 0 atom stereocenters. The number of allylic oxidation sites excluding steroid dienone is 4. The second kappa shape index (κ2) is 4.31. The van der Waals surface area contributed by atoms with Gasteiger partial charge in [0.25, 0.3) is 0 Å². The fourth-order valence-corrected chi connectivity index (χ4v) is 1.80. The lowest BCUT2D eigenvalue weighted by Gasteiger charge is -2.39. The normalized spacial score (nSPS) is 17.8. The maximum atomic E-state index is 4.01. The SMILES string of the molecule is C=C/C=C(\C)N(C(=C)C)C1CCC1. The molecular formula is C12H19N. The topological polar surface area (TPSA) is 3.24 Å². The van der Waals surface area contributed by atoms with E-state index in [9.17, 15) is 0 Å². The van der Waals surface area contributed by atoms with Crippen LogP contribution in [-0.4, -0.2) is 10.9 Å². The Balaban J connectivity index is 2.71. The highest BCUT2D eigenvalue weighted by molar-refractivity contribution is 5.15. The first-order valence-electron chi connectivity index (χ1n) is 4.91. The summed E-state index contributed by atoms with van der Waals surface area (Å²) in [5.41, 5.74) is 2.40. The van der Waals surface area contributed by atoms with E-state index >= 15 is 0 Å². The molecule has 13 heavy (non-hydrogen) atoms. The molecule has 72 valence electrons. The summed E-state index contributed by atoms with van der Waals surface area (Å²) in [6, 6.07) is 0.689. The van der Waals surface area contributed by atoms with Crippen LogP contribution in [0.15, 0.2) is 36.7 Å². The molecule has 0 aromatic heterocycles. The molecule has 1 nitrogen and oxygen atoms in total. The molecule has 0 N–H and O–H groups in total. The molecule has 0 aromatic carbocycles. The van der Waals surface area contributed by atoms with E-state index in [1.54, 1.807) is 0 Å². The van der Waals surface area contributed by atoms with Crippen LogP contribution in [0.2, 0.25) is 0 Å². The lowest BCUT2D eigenvalue weighted by Crippen LogP contribution is -2.37. The van der Waals surface area contributed by atoms with Crippen LogP contribution in [0.25, 0.3) is 0 Å². The number of hydrogen-bond acceptors (Lipinski definition) is 1. The number of hydrogen-bond donors (Lipinski definition) is 0. The molecule has 1 aliphatic rings. The van der Waals surface area contributed by atoms with E-state index < -0.39 is 0 Å². The Morgan fingerprint density at radius 3 is 2.31 bits per heavy atom. The minimum Gasteiger partial charge on any atom is -0.347 e. The van der Waals surface area contributed by atoms with Crippen LogP contribution in [0.5, 0.6) is 0 Å². The highest BCUT2D eigenvalue weighted by Crippen LogP contribution is 2.30. The molecule has 1 fully saturated rings. The third kappa shape index (κ3) is 2.24. The summed E-state index contributed by atoms with van der Waals surface area (Å²) in [6.45, 7) is 11.9. The molecule has 0 heterocycles. The Morgan fingerprint density at radius 1 is 1.38 bits per heavy atom. The monoisotopic (exact) mass is 177 g/mol. The third-order valence-corrected chi connectivity index (χ3v) is 2.59. The lowest BCUT2D eigenvalue weighted by atomic mass is 9.90. The average Bonchev–Trinajstić information content (AvgIpc) is 1.95. The first-order valence-corrected chi connectivity index (χ1v) is 4.91. The zero-order valence-corrected chi connectivity index (χ0v) is 8.71. The molecule has 0 radical (unpaired) electrons. The highest BCUT2D eigenvalue weighted by Gasteiger charge is 2.25. The summed E-state index contributed by atoms with van der Waals surface area (Å²) < 4.78 is 0. The molecule has 0 aromatic rings. The van der Waals surface area contributed by atoms with Gasteiger partial charge in [0.05, 0.1) is 0 Å². The Hall–Kier alpha value is -0.980. The van der Waals surface area contributed by atoms with Crippen molar-refractivity contribution in [3.63, 3.8) is 0 Å². The van der Waals surface area contributed by atoms with E-state index in [-0.39, 0.29) is 0 Å². The fraction of sp³-hybridized carbons (Fsp3) is 0.500. The van der Waals surface area contributed by atoms with Gasteiger partial charge in [0.2, 0.25) is 0 Å². The minimum absolute atomic E-state index is 0.689. The van der Waals surface area contributed by atoms with Crippen LogP contribution in [0.4, 0.5) is 0 Å². The zero-order chi connectivity index (χ0) is 9.84. The van der Waals surface area contributed by atoms with Gasteiger partial charge in [0.1, 0.15) is 0 Å². The smallest absolute Gasteiger partial charge is 0.0335 e. The van der Waals surface area contributed by atoms with E-state index in [2.05, 4.69) is 31.9 Å². The molecular weight excluding hydrogens is 158 g/mol. The molecule has 0 unspecified atom stereocenters. The highest BCUT2D eigenvalue weighted by atomic mass is 15.2. The summed E-state index contributed by atoms with van der Waals surface area (Å²) in [7, 11) is 0. The summed E-state index contributed by atoms with van der Waals surface area (Å²) in [4.78, 5) is 2.32. The summed E-state index contributed by atoms with van der Waals surface area (Å²) in [6.07, 6.45) is 7.84. The van der Waals surface area contributed by atoms with Crippen molar-refractivity contribution < 1.29 is 0 Å². The standard InChI is InChI=1S/C12H19N/c1-5-7-11(4)13(10(2)3)12-8-6-9-12/h5,7,12H,1-2,6,8-9H2,3-4H3/b11-7+. The molecule has 0 bridgehead atoms. The zero-order valence-electron chi connectivity index (χ0n) is 8.71. The van der Waals surface area contributed by atoms with Crippen molar-refractivity contribution in [3.8, 4) is 0 Å².